The fourth-order valence-corrected chi connectivity index (χ4v) is 0.365. The molecule has 0 aliphatic heterocycles. The van der Waals surface area contributed by atoms with Crippen molar-refractivity contribution in [1.82, 2.24) is 0 Å². The standard InChI is InChI=1S/C7H11O2/c1-3-5-6-7(8)9-4-2/h3,5-6H,4H2,1-2H3. The number of rotatable bonds is 3. The molecule has 1 radical (unpaired) electrons. The van der Waals surface area contributed by atoms with Crippen LogP contribution in [0, 0.1) is 0 Å². The fourth-order valence-electron chi connectivity index (χ4n) is 0.365. The molecule has 0 unspecified atom stereocenters. The van der Waals surface area contributed by atoms with Crippen LogP contribution in [0.5, 0.6) is 0 Å². The van der Waals surface area contributed by atoms with E-state index in [0.717, 1.165) is 0 Å². The molecule has 0 aromatic heterocycles. The SMILES string of the molecule is CC=CC=C([O])OCC. The molecule has 0 amide bonds. The van der Waals surface area contributed by atoms with Gasteiger partial charge in [0.05, 0.1) is 6.61 Å². The van der Waals surface area contributed by atoms with Crippen LogP contribution in [0.15, 0.2) is 24.2 Å². The van der Waals surface area contributed by atoms with Crippen LogP contribution in [0.3, 0.4) is 0 Å². The van der Waals surface area contributed by atoms with Gasteiger partial charge >= 0.3 is 5.95 Å². The van der Waals surface area contributed by atoms with Crippen LogP contribution in [0.2, 0.25) is 0 Å². The summed E-state index contributed by atoms with van der Waals surface area (Å²) in [5.74, 6) is -0.282. The first kappa shape index (κ1) is 8.08. The van der Waals surface area contributed by atoms with Gasteiger partial charge < -0.3 is 4.74 Å². The zero-order valence-corrected chi connectivity index (χ0v) is 5.76. The van der Waals surface area contributed by atoms with Gasteiger partial charge in [-0.15, -0.1) is 0 Å². The van der Waals surface area contributed by atoms with Crippen molar-refractivity contribution in [3.05, 3.63) is 24.2 Å². The molecule has 0 aromatic carbocycles. The Labute approximate surface area is 55.5 Å². The van der Waals surface area contributed by atoms with E-state index in [-0.39, 0.29) is 5.95 Å². The van der Waals surface area contributed by atoms with E-state index < -0.39 is 0 Å². The molecule has 0 aliphatic rings. The molecular weight excluding hydrogens is 116 g/mol. The van der Waals surface area contributed by atoms with Crippen LogP contribution < -0.4 is 0 Å². The van der Waals surface area contributed by atoms with Gasteiger partial charge in [0, 0.05) is 6.08 Å². The van der Waals surface area contributed by atoms with Crippen LogP contribution in [0.4, 0.5) is 0 Å². The maximum absolute atomic E-state index is 10.5. The zero-order chi connectivity index (χ0) is 7.11. The highest BCUT2D eigenvalue weighted by molar-refractivity contribution is 5.01. The lowest BCUT2D eigenvalue weighted by Gasteiger charge is -1.92. The first-order valence-electron chi connectivity index (χ1n) is 2.94. The summed E-state index contributed by atoms with van der Waals surface area (Å²) in [6.07, 6.45) is 4.82. The summed E-state index contributed by atoms with van der Waals surface area (Å²) in [5.41, 5.74) is 0. The Morgan fingerprint density at radius 3 is 2.78 bits per heavy atom. The summed E-state index contributed by atoms with van der Waals surface area (Å²) in [6.45, 7) is 4.06. The van der Waals surface area contributed by atoms with Crippen LogP contribution in [0.1, 0.15) is 13.8 Å². The molecule has 0 aromatic rings. The number of ether oxygens (including phenoxy) is 1. The first-order valence-corrected chi connectivity index (χ1v) is 2.94. The van der Waals surface area contributed by atoms with Gasteiger partial charge in [-0.1, -0.05) is 12.2 Å². The minimum absolute atomic E-state index is 0.282. The average molecular weight is 127 g/mol. The van der Waals surface area contributed by atoms with Gasteiger partial charge in [-0.2, -0.15) is 0 Å². The Hall–Kier alpha value is -0.920. The van der Waals surface area contributed by atoms with E-state index >= 15 is 0 Å². The molecule has 9 heavy (non-hydrogen) atoms. The maximum Gasteiger partial charge on any atom is 0.330 e. The Kier molecular flexibility index (Phi) is 4.69. The molecule has 0 N–H and O–H groups in total. The van der Waals surface area contributed by atoms with E-state index in [4.69, 9.17) is 0 Å². The van der Waals surface area contributed by atoms with Gasteiger partial charge in [-0.25, -0.2) is 5.11 Å². The number of hydrogen-bond acceptors (Lipinski definition) is 1. The summed E-state index contributed by atoms with van der Waals surface area (Å²) >= 11 is 0. The first-order chi connectivity index (χ1) is 4.31. The monoisotopic (exact) mass is 127 g/mol. The lowest BCUT2D eigenvalue weighted by Crippen LogP contribution is -1.86. The van der Waals surface area contributed by atoms with Gasteiger partial charge in [0.2, 0.25) is 0 Å². The van der Waals surface area contributed by atoms with Crippen LogP contribution >= 0.6 is 0 Å². The molecule has 0 spiro atoms. The largest absolute Gasteiger partial charge is 0.463 e. The van der Waals surface area contributed by atoms with Crippen molar-refractivity contribution in [2.45, 2.75) is 13.8 Å². The molecule has 0 bridgehead atoms. The molecule has 0 aliphatic carbocycles. The molecule has 51 valence electrons. The van der Waals surface area contributed by atoms with Gasteiger partial charge in [-0.3, -0.25) is 0 Å². The third-order valence-corrected chi connectivity index (χ3v) is 0.711. The molecule has 0 heterocycles. The molecule has 0 saturated carbocycles. The Morgan fingerprint density at radius 1 is 1.67 bits per heavy atom. The Balaban J connectivity index is 3.55. The van der Waals surface area contributed by atoms with Crippen molar-refractivity contribution in [3.8, 4) is 0 Å². The Bertz CT molecular complexity index is 114. The summed E-state index contributed by atoms with van der Waals surface area (Å²) in [5, 5.41) is 10.5. The molecule has 0 rings (SSSR count). The van der Waals surface area contributed by atoms with Crippen molar-refractivity contribution in [2.24, 2.45) is 0 Å². The van der Waals surface area contributed by atoms with Crippen molar-refractivity contribution >= 4 is 0 Å². The van der Waals surface area contributed by atoms with Crippen LogP contribution in [-0.2, 0) is 9.84 Å². The minimum atomic E-state index is -0.282. The fraction of sp³-hybridized carbons (Fsp3) is 0.429. The van der Waals surface area contributed by atoms with Crippen molar-refractivity contribution < 1.29 is 9.84 Å². The van der Waals surface area contributed by atoms with Gasteiger partial charge in [-0.05, 0) is 13.8 Å². The zero-order valence-electron chi connectivity index (χ0n) is 5.76. The second-order valence-corrected chi connectivity index (χ2v) is 1.44. The Morgan fingerprint density at radius 2 is 2.33 bits per heavy atom. The highest BCUT2D eigenvalue weighted by atomic mass is 16.6. The maximum atomic E-state index is 10.5. The molecule has 0 atom stereocenters. The van der Waals surface area contributed by atoms with E-state index in [1.165, 1.54) is 6.08 Å². The summed E-state index contributed by atoms with van der Waals surface area (Å²) < 4.78 is 4.60. The summed E-state index contributed by atoms with van der Waals surface area (Å²) in [7, 11) is 0. The van der Waals surface area contributed by atoms with Crippen molar-refractivity contribution in [2.75, 3.05) is 6.61 Å². The molecule has 0 fully saturated rings. The van der Waals surface area contributed by atoms with E-state index in [0.29, 0.717) is 6.61 Å². The summed E-state index contributed by atoms with van der Waals surface area (Å²) in [6, 6.07) is 0. The predicted molar refractivity (Wildman–Crippen MR) is 35.2 cm³/mol. The average Bonchev–Trinajstić information content (AvgIpc) is 1.85. The smallest absolute Gasteiger partial charge is 0.330 e. The third-order valence-electron chi connectivity index (χ3n) is 0.711. The quantitative estimate of drug-likeness (QED) is 0.420. The molecular formula is C7H11O2. The second kappa shape index (κ2) is 5.22. The van der Waals surface area contributed by atoms with E-state index in [9.17, 15) is 5.11 Å². The van der Waals surface area contributed by atoms with E-state index in [1.54, 1.807) is 19.1 Å². The number of allylic oxidation sites excluding steroid dienone is 3. The summed E-state index contributed by atoms with van der Waals surface area (Å²) in [4.78, 5) is 0. The predicted octanol–water partition coefficient (Wildman–Crippen LogP) is 1.87. The van der Waals surface area contributed by atoms with Crippen LogP contribution in [-0.4, -0.2) is 6.61 Å². The number of hydrogen-bond donors (Lipinski definition) is 0. The topological polar surface area (TPSA) is 29.1 Å². The highest BCUT2D eigenvalue weighted by Gasteiger charge is 1.87. The van der Waals surface area contributed by atoms with Crippen LogP contribution in [0.25, 0.3) is 0 Å². The highest BCUT2D eigenvalue weighted by Crippen LogP contribution is 1.91. The molecule has 0 saturated heterocycles. The van der Waals surface area contributed by atoms with Gasteiger partial charge in [0.15, 0.2) is 0 Å². The van der Waals surface area contributed by atoms with Crippen molar-refractivity contribution in [3.63, 3.8) is 0 Å². The third kappa shape index (κ3) is 4.94. The minimum Gasteiger partial charge on any atom is -0.463 e. The molecule has 2 nitrogen and oxygen atoms in total. The molecule has 2 heteroatoms. The van der Waals surface area contributed by atoms with E-state index in [1.807, 2.05) is 6.92 Å². The normalized spacial score (nSPS) is 12.4. The second-order valence-electron chi connectivity index (χ2n) is 1.44. The lowest BCUT2D eigenvalue weighted by atomic mass is 10.5. The van der Waals surface area contributed by atoms with E-state index in [2.05, 4.69) is 4.74 Å². The van der Waals surface area contributed by atoms with Gasteiger partial charge in [0.25, 0.3) is 0 Å². The van der Waals surface area contributed by atoms with Crippen molar-refractivity contribution in [1.29, 1.82) is 0 Å². The van der Waals surface area contributed by atoms with Gasteiger partial charge in [0.1, 0.15) is 0 Å². The lowest BCUT2D eigenvalue weighted by molar-refractivity contribution is 0.0603.